The van der Waals surface area contributed by atoms with Gasteiger partial charge in [-0.2, -0.15) is 0 Å². The van der Waals surface area contributed by atoms with Gasteiger partial charge in [-0.15, -0.1) is 0 Å². The van der Waals surface area contributed by atoms with Gasteiger partial charge in [0, 0.05) is 11.8 Å². The second kappa shape index (κ2) is 5.23. The van der Waals surface area contributed by atoms with Crippen LogP contribution >= 0.6 is 0 Å². The van der Waals surface area contributed by atoms with E-state index >= 15 is 0 Å². The third-order valence-corrected chi connectivity index (χ3v) is 2.48. The first-order valence-corrected chi connectivity index (χ1v) is 5.40. The number of phenolic OH excluding ortho intramolecular Hbond substituents is 2. The second-order valence-electron chi connectivity index (χ2n) is 3.65. The highest BCUT2D eigenvalue weighted by molar-refractivity contribution is 5.86. The first-order chi connectivity index (χ1) is 8.72. The largest absolute Gasteiger partial charge is 0.507 e. The maximum atomic E-state index is 9.83. The molecule has 0 spiro atoms. The smallest absolute Gasteiger partial charge is 0.183 e. The molecule has 0 unspecified atom stereocenters. The number of nitrogens with zero attached hydrogens (tertiary/aromatic N) is 1. The number of aromatic hydroxyl groups is 2. The van der Waals surface area contributed by atoms with E-state index in [2.05, 4.69) is 4.99 Å². The lowest BCUT2D eigenvalue weighted by atomic mass is 10.2. The summed E-state index contributed by atoms with van der Waals surface area (Å²) < 4.78 is 4.99. The van der Waals surface area contributed by atoms with Crippen LogP contribution in [0.25, 0.3) is 0 Å². The zero-order valence-corrected chi connectivity index (χ0v) is 9.87. The molecule has 18 heavy (non-hydrogen) atoms. The van der Waals surface area contributed by atoms with Crippen molar-refractivity contribution >= 4 is 11.9 Å². The Balaban J connectivity index is 2.32. The van der Waals surface area contributed by atoms with Gasteiger partial charge in [0.05, 0.1) is 7.11 Å². The predicted octanol–water partition coefficient (Wildman–Crippen LogP) is 2.86. The molecule has 4 nitrogen and oxygen atoms in total. The number of hydrogen-bond donors (Lipinski definition) is 2. The van der Waals surface area contributed by atoms with E-state index in [1.165, 1.54) is 13.3 Å². The van der Waals surface area contributed by atoms with Crippen molar-refractivity contribution in [2.75, 3.05) is 7.11 Å². The van der Waals surface area contributed by atoms with E-state index in [4.69, 9.17) is 4.74 Å². The topological polar surface area (TPSA) is 62.0 Å². The Hall–Kier alpha value is -2.49. The third kappa shape index (κ3) is 2.43. The van der Waals surface area contributed by atoms with Gasteiger partial charge in [0.25, 0.3) is 0 Å². The number of hydrogen-bond acceptors (Lipinski definition) is 4. The zero-order valence-electron chi connectivity index (χ0n) is 9.87. The van der Waals surface area contributed by atoms with E-state index in [0.717, 1.165) is 0 Å². The minimum Gasteiger partial charge on any atom is -0.507 e. The Morgan fingerprint density at radius 1 is 1.06 bits per heavy atom. The van der Waals surface area contributed by atoms with Crippen LogP contribution in [0.15, 0.2) is 47.5 Å². The van der Waals surface area contributed by atoms with Gasteiger partial charge in [0.15, 0.2) is 11.5 Å². The van der Waals surface area contributed by atoms with Gasteiger partial charge < -0.3 is 14.9 Å². The van der Waals surface area contributed by atoms with Crippen molar-refractivity contribution in [3.05, 3.63) is 48.0 Å². The van der Waals surface area contributed by atoms with Gasteiger partial charge in [-0.25, -0.2) is 0 Å². The van der Waals surface area contributed by atoms with E-state index in [1.54, 1.807) is 42.5 Å². The number of phenols is 2. The number of ether oxygens (including phenoxy) is 1. The molecule has 0 heterocycles. The molecule has 0 saturated carbocycles. The van der Waals surface area contributed by atoms with Crippen LogP contribution in [-0.2, 0) is 0 Å². The van der Waals surface area contributed by atoms with Crippen molar-refractivity contribution in [3.63, 3.8) is 0 Å². The molecule has 0 aromatic heterocycles. The maximum Gasteiger partial charge on any atom is 0.183 e. The molecule has 4 heteroatoms. The third-order valence-electron chi connectivity index (χ3n) is 2.48. The molecule has 2 aromatic rings. The summed E-state index contributed by atoms with van der Waals surface area (Å²) in [5.74, 6) is 0.484. The quantitative estimate of drug-likeness (QED) is 0.815. The lowest BCUT2D eigenvalue weighted by Crippen LogP contribution is -1.84. The summed E-state index contributed by atoms with van der Waals surface area (Å²) in [7, 11) is 1.48. The number of aliphatic imine (C=N–C) groups is 1. The fraction of sp³-hybridized carbons (Fsp3) is 0.0714. The van der Waals surface area contributed by atoms with Crippen LogP contribution in [0.3, 0.4) is 0 Å². The van der Waals surface area contributed by atoms with E-state index in [1.807, 2.05) is 0 Å². The molecule has 92 valence electrons. The molecular formula is C14H13NO3. The normalized spacial score (nSPS) is 10.7. The van der Waals surface area contributed by atoms with Crippen molar-refractivity contribution in [2.24, 2.45) is 4.99 Å². The molecule has 0 amide bonds. The standard InChI is InChI=1S/C14H13NO3/c1-18-13-8-4-6-11(14(13)17)15-9-10-5-2-3-7-12(10)16/h2-9,16-17H,1H3. The summed E-state index contributed by atoms with van der Waals surface area (Å²) in [6, 6.07) is 11.9. The molecule has 2 aromatic carbocycles. The zero-order chi connectivity index (χ0) is 13.0. The molecular weight excluding hydrogens is 230 g/mol. The van der Waals surface area contributed by atoms with Gasteiger partial charge in [-0.3, -0.25) is 4.99 Å². The first-order valence-electron chi connectivity index (χ1n) is 5.40. The summed E-state index contributed by atoms with van der Waals surface area (Å²) in [6.07, 6.45) is 1.49. The van der Waals surface area contributed by atoms with Gasteiger partial charge in [0.1, 0.15) is 11.4 Å². The number of methoxy groups -OCH3 is 1. The van der Waals surface area contributed by atoms with Crippen molar-refractivity contribution in [2.45, 2.75) is 0 Å². The second-order valence-corrected chi connectivity index (χ2v) is 3.65. The average Bonchev–Trinajstić information content (AvgIpc) is 2.39. The predicted molar refractivity (Wildman–Crippen MR) is 70.0 cm³/mol. The minimum atomic E-state index is -0.0216. The van der Waals surface area contributed by atoms with Crippen molar-refractivity contribution in [3.8, 4) is 17.2 Å². The van der Waals surface area contributed by atoms with Crippen LogP contribution in [0.2, 0.25) is 0 Å². The Labute approximate surface area is 105 Å². The molecule has 2 N–H and O–H groups in total. The summed E-state index contributed by atoms with van der Waals surface area (Å²) in [4.78, 5) is 4.13. The first kappa shape index (κ1) is 12.0. The van der Waals surface area contributed by atoms with Gasteiger partial charge >= 0.3 is 0 Å². The van der Waals surface area contributed by atoms with E-state index in [0.29, 0.717) is 17.0 Å². The number of rotatable bonds is 3. The van der Waals surface area contributed by atoms with Crippen molar-refractivity contribution < 1.29 is 14.9 Å². The van der Waals surface area contributed by atoms with Crippen LogP contribution < -0.4 is 4.74 Å². The molecule has 0 aliphatic carbocycles. The molecule has 0 radical (unpaired) electrons. The number of para-hydroxylation sites is 2. The SMILES string of the molecule is COc1cccc(N=Cc2ccccc2O)c1O. The monoisotopic (exact) mass is 243 g/mol. The lowest BCUT2D eigenvalue weighted by Gasteiger charge is -2.04. The molecule has 0 aliphatic heterocycles. The summed E-state index contributed by atoms with van der Waals surface area (Å²) >= 11 is 0. The van der Waals surface area contributed by atoms with Gasteiger partial charge in [-0.05, 0) is 24.3 Å². The van der Waals surface area contributed by atoms with E-state index in [-0.39, 0.29) is 11.5 Å². The van der Waals surface area contributed by atoms with Crippen LogP contribution in [0.1, 0.15) is 5.56 Å². The Morgan fingerprint density at radius 2 is 1.83 bits per heavy atom. The van der Waals surface area contributed by atoms with Crippen molar-refractivity contribution in [1.29, 1.82) is 0 Å². The summed E-state index contributed by atoms with van der Waals surface area (Å²) in [6.45, 7) is 0. The van der Waals surface area contributed by atoms with E-state index in [9.17, 15) is 10.2 Å². The highest BCUT2D eigenvalue weighted by Gasteiger charge is 2.05. The number of benzene rings is 2. The molecule has 0 fully saturated rings. The van der Waals surface area contributed by atoms with Crippen molar-refractivity contribution in [1.82, 2.24) is 0 Å². The van der Waals surface area contributed by atoms with Crippen LogP contribution in [0.5, 0.6) is 17.2 Å². The summed E-state index contributed by atoms with van der Waals surface area (Å²) in [5.41, 5.74) is 0.970. The molecule has 0 saturated heterocycles. The Kier molecular flexibility index (Phi) is 3.48. The van der Waals surface area contributed by atoms with E-state index < -0.39 is 0 Å². The highest BCUT2D eigenvalue weighted by atomic mass is 16.5. The molecule has 0 aliphatic rings. The fourth-order valence-electron chi connectivity index (χ4n) is 1.52. The molecule has 2 rings (SSSR count). The summed E-state index contributed by atoms with van der Waals surface area (Å²) in [5, 5.41) is 19.4. The lowest BCUT2D eigenvalue weighted by molar-refractivity contribution is 0.374. The van der Waals surface area contributed by atoms with Crippen LogP contribution in [-0.4, -0.2) is 23.5 Å². The van der Waals surface area contributed by atoms with Gasteiger partial charge in [0.2, 0.25) is 0 Å². The van der Waals surface area contributed by atoms with Crippen LogP contribution in [0, 0.1) is 0 Å². The Bertz CT molecular complexity index is 579. The fourth-order valence-corrected chi connectivity index (χ4v) is 1.52. The molecule has 0 atom stereocenters. The highest BCUT2D eigenvalue weighted by Crippen LogP contribution is 2.35. The van der Waals surface area contributed by atoms with Gasteiger partial charge in [-0.1, -0.05) is 18.2 Å². The Morgan fingerprint density at radius 3 is 2.56 bits per heavy atom. The average molecular weight is 243 g/mol. The minimum absolute atomic E-state index is 0.0216. The van der Waals surface area contributed by atoms with Crippen LogP contribution in [0.4, 0.5) is 5.69 Å². The maximum absolute atomic E-state index is 9.83. The molecule has 0 bridgehead atoms.